The Morgan fingerprint density at radius 2 is 1.79 bits per heavy atom. The Balaban J connectivity index is 2.41. The molecule has 1 N–H and O–H groups in total. The van der Waals surface area contributed by atoms with Crippen LogP contribution in [-0.2, 0) is 26.2 Å². The van der Waals surface area contributed by atoms with Crippen molar-refractivity contribution in [3.8, 4) is 5.75 Å². The summed E-state index contributed by atoms with van der Waals surface area (Å²) in [5.41, 5.74) is 1.06. The van der Waals surface area contributed by atoms with Crippen molar-refractivity contribution in [3.63, 3.8) is 0 Å². The molecule has 0 heterocycles. The summed E-state index contributed by atoms with van der Waals surface area (Å²) >= 11 is 6.05. The van der Waals surface area contributed by atoms with E-state index in [4.69, 9.17) is 16.3 Å². The van der Waals surface area contributed by atoms with Gasteiger partial charge in [-0.1, -0.05) is 43.6 Å². The van der Waals surface area contributed by atoms with Crippen molar-refractivity contribution in [2.45, 2.75) is 39.3 Å². The van der Waals surface area contributed by atoms with Crippen molar-refractivity contribution in [2.24, 2.45) is 0 Å². The summed E-state index contributed by atoms with van der Waals surface area (Å²) in [6.07, 6.45) is 2.15. The minimum atomic E-state index is -3.80. The van der Waals surface area contributed by atoms with Gasteiger partial charge in [0.2, 0.25) is 21.8 Å². The van der Waals surface area contributed by atoms with E-state index in [0.717, 1.165) is 22.5 Å². The second-order valence-electron chi connectivity index (χ2n) is 7.83. The fourth-order valence-corrected chi connectivity index (χ4v) is 4.48. The Labute approximate surface area is 206 Å². The summed E-state index contributed by atoms with van der Waals surface area (Å²) in [6, 6.07) is 12.7. The fourth-order valence-electron chi connectivity index (χ4n) is 3.46. The van der Waals surface area contributed by atoms with Gasteiger partial charge < -0.3 is 15.0 Å². The highest BCUT2D eigenvalue weighted by atomic mass is 35.5. The number of amides is 2. The number of hydrogen-bond acceptors (Lipinski definition) is 5. The van der Waals surface area contributed by atoms with Crippen LogP contribution in [0.1, 0.15) is 32.3 Å². The standard InChI is InChI=1S/C24H32ClN3O5S/c1-5-14-26-24(30)22(6-2)27(16-18-10-12-21(33-3)13-11-18)23(29)17-28(34(4,31)32)20-9-7-8-19(25)15-20/h7-13,15,22H,5-6,14,16-17H2,1-4H3,(H,26,30). The van der Waals surface area contributed by atoms with E-state index in [0.29, 0.717) is 23.7 Å². The maximum absolute atomic E-state index is 13.5. The molecule has 1 unspecified atom stereocenters. The third kappa shape index (κ3) is 7.63. The Morgan fingerprint density at radius 1 is 1.12 bits per heavy atom. The van der Waals surface area contributed by atoms with Crippen molar-refractivity contribution in [2.75, 3.05) is 30.8 Å². The zero-order valence-corrected chi connectivity index (χ0v) is 21.5. The molecule has 10 heteroatoms. The number of carbonyl (C=O) groups excluding carboxylic acids is 2. The van der Waals surface area contributed by atoms with E-state index in [9.17, 15) is 18.0 Å². The van der Waals surface area contributed by atoms with E-state index in [2.05, 4.69) is 5.32 Å². The van der Waals surface area contributed by atoms with Crippen LogP contribution in [0.5, 0.6) is 5.75 Å². The van der Waals surface area contributed by atoms with Gasteiger partial charge in [-0.05, 0) is 48.7 Å². The smallest absolute Gasteiger partial charge is 0.244 e. The van der Waals surface area contributed by atoms with Gasteiger partial charge in [0, 0.05) is 18.1 Å². The van der Waals surface area contributed by atoms with Crippen LogP contribution in [0.2, 0.25) is 5.02 Å². The highest BCUT2D eigenvalue weighted by Crippen LogP contribution is 2.23. The molecule has 8 nitrogen and oxygen atoms in total. The van der Waals surface area contributed by atoms with Crippen molar-refractivity contribution in [3.05, 3.63) is 59.1 Å². The summed E-state index contributed by atoms with van der Waals surface area (Å²) in [5, 5.41) is 3.19. The molecular weight excluding hydrogens is 478 g/mol. The number of hydrogen-bond donors (Lipinski definition) is 1. The third-order valence-corrected chi connectivity index (χ3v) is 6.60. The number of halogens is 1. The lowest BCUT2D eigenvalue weighted by molar-refractivity contribution is -0.140. The predicted octanol–water partition coefficient (Wildman–Crippen LogP) is 3.45. The molecule has 0 aliphatic heterocycles. The van der Waals surface area contributed by atoms with E-state index in [1.54, 1.807) is 49.6 Å². The average molecular weight is 510 g/mol. The summed E-state index contributed by atoms with van der Waals surface area (Å²) in [7, 11) is -2.24. The molecule has 0 aliphatic carbocycles. The molecule has 34 heavy (non-hydrogen) atoms. The zero-order chi connectivity index (χ0) is 25.3. The van der Waals surface area contributed by atoms with Crippen LogP contribution in [0.3, 0.4) is 0 Å². The van der Waals surface area contributed by atoms with E-state index < -0.39 is 28.5 Å². The second kappa shape index (κ2) is 12.6. The normalized spacial score (nSPS) is 12.0. The molecule has 0 radical (unpaired) electrons. The van der Waals surface area contributed by atoms with Crippen molar-refractivity contribution < 1.29 is 22.7 Å². The number of sulfonamides is 1. The lowest BCUT2D eigenvalue weighted by Crippen LogP contribution is -2.52. The third-order valence-electron chi connectivity index (χ3n) is 5.22. The highest BCUT2D eigenvalue weighted by Gasteiger charge is 2.31. The SMILES string of the molecule is CCCNC(=O)C(CC)N(Cc1ccc(OC)cc1)C(=O)CN(c1cccc(Cl)c1)S(C)(=O)=O. The summed E-state index contributed by atoms with van der Waals surface area (Å²) < 4.78 is 31.3. The predicted molar refractivity (Wildman–Crippen MR) is 135 cm³/mol. The summed E-state index contributed by atoms with van der Waals surface area (Å²) in [5.74, 6) is -0.113. The van der Waals surface area contributed by atoms with Crippen LogP contribution in [0.4, 0.5) is 5.69 Å². The van der Waals surface area contributed by atoms with E-state index in [-0.39, 0.29) is 18.1 Å². The molecule has 0 bridgehead atoms. The van der Waals surface area contributed by atoms with Gasteiger partial charge in [0.05, 0.1) is 19.1 Å². The molecule has 0 spiro atoms. The monoisotopic (exact) mass is 509 g/mol. The van der Waals surface area contributed by atoms with Gasteiger partial charge >= 0.3 is 0 Å². The van der Waals surface area contributed by atoms with Gasteiger partial charge in [-0.15, -0.1) is 0 Å². The molecule has 0 fully saturated rings. The Bertz CT molecular complexity index is 1080. The molecular formula is C24H32ClN3O5S. The molecule has 2 amide bonds. The maximum atomic E-state index is 13.5. The first kappa shape index (κ1) is 27.5. The van der Waals surface area contributed by atoms with Crippen molar-refractivity contribution in [1.82, 2.24) is 10.2 Å². The van der Waals surface area contributed by atoms with Crippen molar-refractivity contribution >= 4 is 39.1 Å². The zero-order valence-electron chi connectivity index (χ0n) is 20.0. The topological polar surface area (TPSA) is 96.0 Å². The van der Waals surface area contributed by atoms with Gasteiger partial charge in [0.1, 0.15) is 18.3 Å². The number of anilines is 1. The lowest BCUT2D eigenvalue weighted by Gasteiger charge is -2.33. The molecule has 2 aromatic rings. The molecule has 1 atom stereocenters. The largest absolute Gasteiger partial charge is 0.497 e. The van der Waals surface area contributed by atoms with Crippen LogP contribution in [0, 0.1) is 0 Å². The Morgan fingerprint density at radius 3 is 2.32 bits per heavy atom. The van der Waals surface area contributed by atoms with Crippen LogP contribution >= 0.6 is 11.6 Å². The van der Waals surface area contributed by atoms with Gasteiger partial charge in [0.25, 0.3) is 0 Å². The number of rotatable bonds is 12. The number of methoxy groups -OCH3 is 1. The number of ether oxygens (including phenoxy) is 1. The number of benzene rings is 2. The number of nitrogens with zero attached hydrogens (tertiary/aromatic N) is 2. The first-order valence-electron chi connectivity index (χ1n) is 11.0. The number of carbonyl (C=O) groups is 2. The van der Waals surface area contributed by atoms with Crippen LogP contribution in [0.15, 0.2) is 48.5 Å². The number of nitrogens with one attached hydrogen (secondary N) is 1. The first-order chi connectivity index (χ1) is 16.1. The lowest BCUT2D eigenvalue weighted by atomic mass is 10.1. The second-order valence-corrected chi connectivity index (χ2v) is 10.2. The Hall–Kier alpha value is -2.78. The van der Waals surface area contributed by atoms with Crippen molar-refractivity contribution in [1.29, 1.82) is 0 Å². The summed E-state index contributed by atoms with van der Waals surface area (Å²) in [4.78, 5) is 27.9. The van der Waals surface area contributed by atoms with Crippen LogP contribution in [0.25, 0.3) is 0 Å². The first-order valence-corrected chi connectivity index (χ1v) is 13.3. The quantitative estimate of drug-likeness (QED) is 0.472. The van der Waals surface area contributed by atoms with Crippen LogP contribution in [-0.4, -0.2) is 57.6 Å². The minimum Gasteiger partial charge on any atom is -0.497 e. The van der Waals surface area contributed by atoms with Gasteiger partial charge in [-0.25, -0.2) is 8.42 Å². The molecule has 0 aliphatic rings. The van der Waals surface area contributed by atoms with Gasteiger partial charge in [-0.3, -0.25) is 13.9 Å². The molecule has 0 saturated heterocycles. The summed E-state index contributed by atoms with van der Waals surface area (Å²) in [6.45, 7) is 3.91. The maximum Gasteiger partial charge on any atom is 0.244 e. The van der Waals surface area contributed by atoms with Gasteiger partial charge in [-0.2, -0.15) is 0 Å². The molecule has 186 valence electrons. The minimum absolute atomic E-state index is 0.133. The highest BCUT2D eigenvalue weighted by molar-refractivity contribution is 7.92. The average Bonchev–Trinajstić information content (AvgIpc) is 2.80. The van der Waals surface area contributed by atoms with Crippen LogP contribution < -0.4 is 14.4 Å². The van der Waals surface area contributed by atoms with Gasteiger partial charge in [0.15, 0.2) is 0 Å². The van der Waals surface area contributed by atoms with E-state index >= 15 is 0 Å². The molecule has 0 aromatic heterocycles. The Kier molecular flexibility index (Phi) is 10.2. The van der Waals surface area contributed by atoms with E-state index in [1.807, 2.05) is 13.8 Å². The molecule has 2 aromatic carbocycles. The molecule has 0 saturated carbocycles. The van der Waals surface area contributed by atoms with E-state index in [1.165, 1.54) is 11.0 Å². The molecule has 2 rings (SSSR count). The fraction of sp³-hybridized carbons (Fsp3) is 0.417.